The molecule has 8 heteroatoms. The summed E-state index contributed by atoms with van der Waals surface area (Å²) in [7, 11) is 3.13. The monoisotopic (exact) mass is 392 g/mol. The van der Waals surface area contributed by atoms with Crippen molar-refractivity contribution in [2.75, 3.05) is 24.9 Å². The van der Waals surface area contributed by atoms with Gasteiger partial charge >= 0.3 is 0 Å². The van der Waals surface area contributed by atoms with Crippen LogP contribution in [0.25, 0.3) is 0 Å². The molecule has 3 rings (SSSR count). The molecule has 0 saturated carbocycles. The average Bonchev–Trinajstić information content (AvgIpc) is 2.74. The van der Waals surface area contributed by atoms with E-state index in [1.54, 1.807) is 50.6 Å². The molecule has 0 fully saturated rings. The number of Topliss-reactive ketones (excluding diaryl/α,β-unsaturated/α-hetero) is 1. The zero-order valence-electron chi connectivity index (χ0n) is 16.2. The van der Waals surface area contributed by atoms with Gasteiger partial charge in [-0.05, 0) is 43.3 Å². The molecule has 1 aromatic heterocycles. The number of rotatable bonds is 7. The Kier molecular flexibility index (Phi) is 6.03. The van der Waals surface area contributed by atoms with Crippen LogP contribution in [0.4, 0.5) is 17.2 Å². The molecule has 0 spiro atoms. The van der Waals surface area contributed by atoms with Crippen LogP contribution < -0.4 is 20.1 Å². The summed E-state index contributed by atoms with van der Waals surface area (Å²) in [6, 6.07) is 12.0. The van der Waals surface area contributed by atoms with Crippen molar-refractivity contribution in [2.45, 2.75) is 6.92 Å². The first-order chi connectivity index (χ1) is 14.0. The van der Waals surface area contributed by atoms with Gasteiger partial charge in [0.1, 0.15) is 11.5 Å². The third-order valence-corrected chi connectivity index (χ3v) is 4.09. The Bertz CT molecular complexity index is 1020. The lowest BCUT2D eigenvalue weighted by Crippen LogP contribution is -2.14. The Morgan fingerprint density at radius 3 is 2.14 bits per heavy atom. The molecule has 0 unspecified atom stereocenters. The van der Waals surface area contributed by atoms with Gasteiger partial charge in [0.25, 0.3) is 5.91 Å². The van der Waals surface area contributed by atoms with E-state index in [1.807, 2.05) is 6.07 Å². The van der Waals surface area contributed by atoms with Crippen molar-refractivity contribution in [3.05, 3.63) is 66.1 Å². The van der Waals surface area contributed by atoms with E-state index in [4.69, 9.17) is 9.47 Å². The fourth-order valence-electron chi connectivity index (χ4n) is 2.56. The number of benzene rings is 2. The van der Waals surface area contributed by atoms with Crippen molar-refractivity contribution >= 4 is 28.9 Å². The standard InChI is InChI=1S/C21H20N4O4/c1-13(26)14-4-6-15(7-5-14)25-21(27)17-11-23-20(12-22-17)24-16-8-9-18(28-2)19(10-16)29-3/h4-12H,1-3H3,(H,23,24)(H,25,27). The number of hydrogen-bond donors (Lipinski definition) is 2. The van der Waals surface area contributed by atoms with Gasteiger partial charge in [-0.2, -0.15) is 0 Å². The van der Waals surface area contributed by atoms with Crippen LogP contribution in [0.3, 0.4) is 0 Å². The van der Waals surface area contributed by atoms with Crippen LogP contribution in [-0.4, -0.2) is 35.9 Å². The van der Waals surface area contributed by atoms with Crippen LogP contribution in [0, 0.1) is 0 Å². The van der Waals surface area contributed by atoms with Crippen molar-refractivity contribution in [1.82, 2.24) is 9.97 Å². The number of ketones is 1. The van der Waals surface area contributed by atoms with Crippen LogP contribution in [0.15, 0.2) is 54.9 Å². The summed E-state index contributed by atoms with van der Waals surface area (Å²) < 4.78 is 10.5. The predicted molar refractivity (Wildman–Crippen MR) is 109 cm³/mol. The second kappa shape index (κ2) is 8.83. The van der Waals surface area contributed by atoms with E-state index in [0.717, 1.165) is 5.69 Å². The van der Waals surface area contributed by atoms with E-state index in [-0.39, 0.29) is 11.5 Å². The zero-order valence-corrected chi connectivity index (χ0v) is 16.2. The van der Waals surface area contributed by atoms with E-state index in [0.29, 0.717) is 28.6 Å². The van der Waals surface area contributed by atoms with Crippen LogP contribution in [0.5, 0.6) is 11.5 Å². The van der Waals surface area contributed by atoms with E-state index in [2.05, 4.69) is 20.6 Å². The highest BCUT2D eigenvalue weighted by Gasteiger charge is 2.10. The van der Waals surface area contributed by atoms with Gasteiger partial charge in [-0.25, -0.2) is 9.97 Å². The quantitative estimate of drug-likeness (QED) is 0.591. The van der Waals surface area contributed by atoms with E-state index < -0.39 is 5.91 Å². The first-order valence-electron chi connectivity index (χ1n) is 8.73. The van der Waals surface area contributed by atoms with Crippen LogP contribution in [-0.2, 0) is 0 Å². The van der Waals surface area contributed by atoms with Gasteiger partial charge in [-0.3, -0.25) is 9.59 Å². The van der Waals surface area contributed by atoms with Crippen molar-refractivity contribution in [2.24, 2.45) is 0 Å². The maximum atomic E-state index is 12.3. The minimum Gasteiger partial charge on any atom is -0.493 e. The second-order valence-corrected chi connectivity index (χ2v) is 6.07. The van der Waals surface area contributed by atoms with Gasteiger partial charge in [-0.15, -0.1) is 0 Å². The molecule has 0 saturated heterocycles. The SMILES string of the molecule is COc1ccc(Nc2cnc(C(=O)Nc3ccc(C(C)=O)cc3)cn2)cc1OC. The van der Waals surface area contributed by atoms with Crippen molar-refractivity contribution in [3.8, 4) is 11.5 Å². The number of nitrogens with zero attached hydrogens (tertiary/aromatic N) is 2. The number of amides is 1. The lowest BCUT2D eigenvalue weighted by atomic mass is 10.1. The first-order valence-corrected chi connectivity index (χ1v) is 8.73. The van der Waals surface area contributed by atoms with Gasteiger partial charge in [0.2, 0.25) is 0 Å². The van der Waals surface area contributed by atoms with Gasteiger partial charge in [-0.1, -0.05) is 0 Å². The van der Waals surface area contributed by atoms with Crippen LogP contribution in [0.2, 0.25) is 0 Å². The Hall–Kier alpha value is -3.94. The molecule has 1 amide bonds. The summed E-state index contributed by atoms with van der Waals surface area (Å²) >= 11 is 0. The molecule has 2 N–H and O–H groups in total. The number of hydrogen-bond acceptors (Lipinski definition) is 7. The van der Waals surface area contributed by atoms with Crippen molar-refractivity contribution < 1.29 is 19.1 Å². The molecule has 148 valence electrons. The number of carbonyl (C=O) groups is 2. The highest BCUT2D eigenvalue weighted by atomic mass is 16.5. The van der Waals surface area contributed by atoms with Crippen LogP contribution in [0.1, 0.15) is 27.8 Å². The summed E-state index contributed by atoms with van der Waals surface area (Å²) in [5, 5.41) is 5.81. The zero-order chi connectivity index (χ0) is 20.8. The number of methoxy groups -OCH3 is 2. The van der Waals surface area contributed by atoms with Gasteiger partial charge in [0, 0.05) is 23.0 Å². The van der Waals surface area contributed by atoms with Crippen molar-refractivity contribution in [1.29, 1.82) is 0 Å². The fourth-order valence-corrected chi connectivity index (χ4v) is 2.56. The number of nitrogens with one attached hydrogen (secondary N) is 2. The third kappa shape index (κ3) is 4.86. The molecule has 0 bridgehead atoms. The molecular weight excluding hydrogens is 372 g/mol. The maximum absolute atomic E-state index is 12.3. The Morgan fingerprint density at radius 1 is 0.862 bits per heavy atom. The normalized spacial score (nSPS) is 10.2. The molecule has 29 heavy (non-hydrogen) atoms. The van der Waals surface area contributed by atoms with Gasteiger partial charge < -0.3 is 20.1 Å². The molecule has 8 nitrogen and oxygen atoms in total. The number of anilines is 3. The Morgan fingerprint density at radius 2 is 1.55 bits per heavy atom. The molecule has 1 heterocycles. The molecule has 0 aliphatic heterocycles. The van der Waals surface area contributed by atoms with E-state index >= 15 is 0 Å². The summed E-state index contributed by atoms with van der Waals surface area (Å²) in [5.41, 5.74) is 2.04. The van der Waals surface area contributed by atoms with E-state index in [9.17, 15) is 9.59 Å². The Balaban J connectivity index is 1.66. The average molecular weight is 392 g/mol. The predicted octanol–water partition coefficient (Wildman–Crippen LogP) is 3.69. The van der Waals surface area contributed by atoms with Gasteiger partial charge in [0.05, 0.1) is 26.6 Å². The topological polar surface area (TPSA) is 102 Å². The first kappa shape index (κ1) is 19.8. The summed E-state index contributed by atoms with van der Waals surface area (Å²) in [5.74, 6) is 1.24. The molecule has 0 aliphatic carbocycles. The van der Waals surface area contributed by atoms with Gasteiger partial charge in [0.15, 0.2) is 17.3 Å². The smallest absolute Gasteiger partial charge is 0.275 e. The molecule has 0 radical (unpaired) electrons. The van der Waals surface area contributed by atoms with E-state index in [1.165, 1.54) is 19.3 Å². The lowest BCUT2D eigenvalue weighted by Gasteiger charge is -2.11. The summed E-state index contributed by atoms with van der Waals surface area (Å²) in [4.78, 5) is 32.0. The highest BCUT2D eigenvalue weighted by Crippen LogP contribution is 2.30. The highest BCUT2D eigenvalue weighted by molar-refractivity contribution is 6.03. The molecule has 3 aromatic rings. The molecule has 0 atom stereocenters. The number of carbonyl (C=O) groups excluding carboxylic acids is 2. The molecular formula is C21H20N4O4. The summed E-state index contributed by atoms with van der Waals surface area (Å²) in [6.07, 6.45) is 2.84. The third-order valence-electron chi connectivity index (χ3n) is 4.09. The Labute approximate surface area is 167 Å². The second-order valence-electron chi connectivity index (χ2n) is 6.07. The largest absolute Gasteiger partial charge is 0.493 e. The maximum Gasteiger partial charge on any atom is 0.275 e. The fraction of sp³-hybridized carbons (Fsp3) is 0.143. The molecule has 2 aromatic carbocycles. The van der Waals surface area contributed by atoms with Crippen molar-refractivity contribution in [3.63, 3.8) is 0 Å². The number of ether oxygens (including phenoxy) is 2. The lowest BCUT2D eigenvalue weighted by molar-refractivity contribution is 0.101. The molecule has 0 aliphatic rings. The number of aromatic nitrogens is 2. The minimum atomic E-state index is -0.397. The van der Waals surface area contributed by atoms with Crippen LogP contribution >= 0.6 is 0 Å². The minimum absolute atomic E-state index is 0.0358. The summed E-state index contributed by atoms with van der Waals surface area (Å²) in [6.45, 7) is 1.49.